The Morgan fingerprint density at radius 1 is 0.955 bits per heavy atom. The summed E-state index contributed by atoms with van der Waals surface area (Å²) < 4.78 is 1.68. The number of hydrogen-bond acceptors (Lipinski definition) is 5. The number of hydroxylamine groups is 1. The lowest BCUT2D eigenvalue weighted by Crippen LogP contribution is -2.53. The third kappa shape index (κ3) is 11.4. The van der Waals surface area contributed by atoms with Crippen molar-refractivity contribution in [2.24, 2.45) is 23.7 Å². The maximum Gasteiger partial charge on any atom is 0.260 e. The molecule has 2 N–H and O–H groups in total. The van der Waals surface area contributed by atoms with E-state index in [0.717, 1.165) is 24.0 Å². The topological polar surface area (TPSA) is 106 Å². The molecule has 0 radical (unpaired) electrons. The molecule has 1 heterocycles. The molecule has 0 aliphatic rings. The van der Waals surface area contributed by atoms with E-state index in [1.54, 1.807) is 23.3 Å². The average Bonchev–Trinajstić information content (AvgIpc) is 3.54. The predicted molar refractivity (Wildman–Crippen MR) is 172 cm³/mol. The number of benzene rings is 2. The van der Waals surface area contributed by atoms with Crippen LogP contribution in [0.3, 0.4) is 0 Å². The van der Waals surface area contributed by atoms with Crippen molar-refractivity contribution in [1.82, 2.24) is 25.5 Å². The first kappa shape index (κ1) is 34.3. The van der Waals surface area contributed by atoms with Gasteiger partial charge in [-0.1, -0.05) is 113 Å². The Hall–Kier alpha value is -4.24. The number of imidazole rings is 1. The van der Waals surface area contributed by atoms with Crippen LogP contribution in [0.2, 0.25) is 0 Å². The summed E-state index contributed by atoms with van der Waals surface area (Å²) in [5.41, 5.74) is 7.44. The minimum Gasteiger partial charge on any atom is -0.328 e. The molecule has 3 amide bonds. The summed E-state index contributed by atoms with van der Waals surface area (Å²) in [5, 5.41) is 1.42. The fourth-order valence-electron chi connectivity index (χ4n) is 5.02. The van der Waals surface area contributed by atoms with Gasteiger partial charge in [-0.05, 0) is 35.8 Å². The van der Waals surface area contributed by atoms with Crippen LogP contribution in [0, 0.1) is 23.7 Å². The fourth-order valence-corrected chi connectivity index (χ4v) is 5.02. The molecule has 2 atom stereocenters. The molecule has 0 fully saturated rings. The maximum absolute atomic E-state index is 14.1. The molecule has 3 rings (SSSR count). The Morgan fingerprint density at radius 3 is 2.25 bits per heavy atom. The highest BCUT2D eigenvalue weighted by molar-refractivity contribution is 5.89. The lowest BCUT2D eigenvalue weighted by Gasteiger charge is -2.31. The van der Waals surface area contributed by atoms with Crippen molar-refractivity contribution in [3.63, 3.8) is 0 Å². The average molecular weight is 602 g/mol. The molecule has 9 heteroatoms. The van der Waals surface area contributed by atoms with Crippen LogP contribution in [-0.4, -0.2) is 38.8 Å². The summed E-state index contributed by atoms with van der Waals surface area (Å²) in [4.78, 5) is 50.8. The molecule has 0 spiro atoms. The van der Waals surface area contributed by atoms with E-state index in [2.05, 4.69) is 29.7 Å². The molecule has 1 aromatic heterocycles. The van der Waals surface area contributed by atoms with Crippen LogP contribution in [0.4, 0.5) is 0 Å². The largest absolute Gasteiger partial charge is 0.328 e. The number of hydrogen-bond donors (Lipinski definition) is 2. The molecule has 9 nitrogen and oxygen atoms in total. The molecule has 0 saturated carbocycles. The highest BCUT2D eigenvalue weighted by Gasteiger charge is 2.35. The van der Waals surface area contributed by atoms with Crippen molar-refractivity contribution in [3.8, 4) is 0 Å². The van der Waals surface area contributed by atoms with Gasteiger partial charge in [0.25, 0.3) is 5.91 Å². The van der Waals surface area contributed by atoms with E-state index >= 15 is 0 Å². The summed E-state index contributed by atoms with van der Waals surface area (Å²) in [6, 6.07) is 19.4. The Labute approximate surface area is 261 Å². The second-order valence-electron chi connectivity index (χ2n) is 11.5. The Morgan fingerprint density at radius 2 is 1.64 bits per heavy atom. The molecular weight excluding hydrogens is 554 g/mol. The van der Waals surface area contributed by atoms with E-state index in [0.29, 0.717) is 19.4 Å². The molecule has 0 unspecified atom stereocenters. The van der Waals surface area contributed by atoms with Gasteiger partial charge in [0.15, 0.2) is 0 Å². The number of carbonyl (C=O) groups is 3. The first-order valence-corrected chi connectivity index (χ1v) is 15.5. The molecule has 3 aromatic rings. The van der Waals surface area contributed by atoms with Crippen molar-refractivity contribution in [2.45, 2.75) is 66.5 Å². The highest BCUT2D eigenvalue weighted by atomic mass is 16.6. The number of nitrogens with one attached hydrogen (secondary N) is 2. The first-order chi connectivity index (χ1) is 21.3. The normalized spacial score (nSPS) is 12.8. The van der Waals surface area contributed by atoms with Crippen molar-refractivity contribution < 1.29 is 19.2 Å². The van der Waals surface area contributed by atoms with Gasteiger partial charge in [0, 0.05) is 18.9 Å². The third-order valence-corrected chi connectivity index (χ3v) is 7.66. The minimum absolute atomic E-state index is 0.0479. The summed E-state index contributed by atoms with van der Waals surface area (Å²) in [7, 11) is 0. The number of rotatable bonds is 17. The van der Waals surface area contributed by atoms with Gasteiger partial charge in [-0.3, -0.25) is 29.7 Å². The molecular formula is C35H47N5O4. The molecule has 0 aliphatic carbocycles. The Bertz CT molecular complexity index is 1290. The van der Waals surface area contributed by atoms with Crippen LogP contribution < -0.4 is 10.9 Å². The van der Waals surface area contributed by atoms with E-state index in [1.807, 2.05) is 86.7 Å². The van der Waals surface area contributed by atoms with Gasteiger partial charge in [-0.25, -0.2) is 10.5 Å². The quantitative estimate of drug-likeness (QED) is 0.190. The molecule has 236 valence electrons. The van der Waals surface area contributed by atoms with Gasteiger partial charge in [0.2, 0.25) is 11.8 Å². The third-order valence-electron chi connectivity index (χ3n) is 7.66. The predicted octanol–water partition coefficient (Wildman–Crippen LogP) is 5.81. The monoisotopic (exact) mass is 601 g/mol. The van der Waals surface area contributed by atoms with Gasteiger partial charge < -0.3 is 4.57 Å². The van der Waals surface area contributed by atoms with Gasteiger partial charge in [-0.15, -0.1) is 0 Å². The summed E-state index contributed by atoms with van der Waals surface area (Å²) in [6.45, 7) is 8.82. The van der Waals surface area contributed by atoms with E-state index in [1.165, 1.54) is 5.01 Å². The van der Waals surface area contributed by atoms with Crippen molar-refractivity contribution in [2.75, 3.05) is 6.54 Å². The number of carbonyl (C=O) groups excluding carboxylic acids is 3. The molecule has 0 aliphatic heterocycles. The SMILES string of the molecule is CCC(CC)CN(NC(=O)[C@H](CC(C)C)[C@H](C/C=C/c1ccccc1)C(=O)NOCc1ccccc1)C(=O)Cn1ccnc1. The van der Waals surface area contributed by atoms with Crippen LogP contribution in [0.25, 0.3) is 6.08 Å². The van der Waals surface area contributed by atoms with E-state index in [9.17, 15) is 14.4 Å². The number of aromatic nitrogens is 2. The number of hydrazine groups is 1. The smallest absolute Gasteiger partial charge is 0.260 e. The van der Waals surface area contributed by atoms with Crippen LogP contribution in [0.15, 0.2) is 85.5 Å². The number of amides is 3. The van der Waals surface area contributed by atoms with Gasteiger partial charge in [0.1, 0.15) is 6.54 Å². The zero-order valence-corrected chi connectivity index (χ0v) is 26.4. The standard InChI is InChI=1S/C35H47N5O4/c1-5-28(6-2)23-40(33(41)24-39-21-20-36-26-39)37-34(42)32(22-27(3)4)31(19-13-18-29-14-9-7-10-15-29)35(43)38-44-25-30-16-11-8-12-17-30/h7-18,20-21,26-28,31-32H,5-6,19,22-25H2,1-4H3,(H,37,42)(H,38,43)/b18-13+/t31-,32+/m0/s1. The van der Waals surface area contributed by atoms with Crippen molar-refractivity contribution in [1.29, 1.82) is 0 Å². The van der Waals surface area contributed by atoms with E-state index < -0.39 is 11.8 Å². The lowest BCUT2D eigenvalue weighted by atomic mass is 9.82. The first-order valence-electron chi connectivity index (χ1n) is 15.5. The van der Waals surface area contributed by atoms with Gasteiger partial charge in [0.05, 0.1) is 24.8 Å². The summed E-state index contributed by atoms with van der Waals surface area (Å²) in [6.07, 6.45) is 11.3. The zero-order chi connectivity index (χ0) is 31.7. The number of nitrogens with zero attached hydrogens (tertiary/aromatic N) is 3. The Kier molecular flexibility index (Phi) is 14.3. The highest BCUT2D eigenvalue weighted by Crippen LogP contribution is 2.26. The maximum atomic E-state index is 14.1. The minimum atomic E-state index is -0.730. The van der Waals surface area contributed by atoms with Crippen LogP contribution in [0.1, 0.15) is 64.5 Å². The lowest BCUT2D eigenvalue weighted by molar-refractivity contribution is -0.149. The van der Waals surface area contributed by atoms with E-state index in [4.69, 9.17) is 4.84 Å². The van der Waals surface area contributed by atoms with Crippen LogP contribution >= 0.6 is 0 Å². The molecule has 44 heavy (non-hydrogen) atoms. The van der Waals surface area contributed by atoms with Crippen LogP contribution in [-0.2, 0) is 32.4 Å². The van der Waals surface area contributed by atoms with E-state index in [-0.39, 0.29) is 42.7 Å². The second kappa shape index (κ2) is 18.4. The Balaban J connectivity index is 1.84. The fraction of sp³-hybridized carbons (Fsp3) is 0.429. The van der Waals surface area contributed by atoms with Crippen molar-refractivity contribution >= 4 is 23.8 Å². The number of allylic oxidation sites excluding steroid dienone is 1. The van der Waals surface area contributed by atoms with Gasteiger partial charge >= 0.3 is 0 Å². The van der Waals surface area contributed by atoms with Crippen LogP contribution in [0.5, 0.6) is 0 Å². The van der Waals surface area contributed by atoms with Gasteiger partial charge in [-0.2, -0.15) is 0 Å². The molecule has 0 saturated heterocycles. The van der Waals surface area contributed by atoms with Crippen molar-refractivity contribution in [3.05, 3.63) is 96.6 Å². The molecule has 0 bridgehead atoms. The zero-order valence-electron chi connectivity index (χ0n) is 26.4. The molecule has 2 aromatic carbocycles. The second-order valence-corrected chi connectivity index (χ2v) is 11.5. The summed E-state index contributed by atoms with van der Waals surface area (Å²) >= 11 is 0. The summed E-state index contributed by atoms with van der Waals surface area (Å²) in [5.74, 6) is -2.09.